The van der Waals surface area contributed by atoms with Crippen molar-refractivity contribution in [3.05, 3.63) is 69.7 Å². The Bertz CT molecular complexity index is 846. The summed E-state index contributed by atoms with van der Waals surface area (Å²) < 4.78 is 8.25. The van der Waals surface area contributed by atoms with E-state index in [2.05, 4.69) is 19.1 Å². The monoisotopic (exact) mass is 407 g/mol. The van der Waals surface area contributed by atoms with Crippen LogP contribution in [0.5, 0.6) is 0 Å². The molecule has 1 saturated carbocycles. The second kappa shape index (κ2) is 8.91. The molecule has 5 N–H and O–H groups in total. The number of hydrogen-bond acceptors (Lipinski definition) is 5. The SMILES string of the molecule is [2H][C@]1(CO)[C@H](O)[C@@H](c2ccc(Cl)c(Cc3ccc(CC)cc3)c2)[C@H](O)[C@@H](O)[C@@H]1O. The number of aryl methyl sites for hydroxylation is 1. The fourth-order valence-electron chi connectivity index (χ4n) is 3.83. The third-order valence-corrected chi connectivity index (χ3v) is 5.97. The van der Waals surface area contributed by atoms with Crippen molar-refractivity contribution >= 4 is 11.6 Å². The Labute approximate surface area is 171 Å². The largest absolute Gasteiger partial charge is 0.396 e. The highest BCUT2D eigenvalue weighted by Gasteiger charge is 2.48. The van der Waals surface area contributed by atoms with Gasteiger partial charge in [0.25, 0.3) is 0 Å². The highest BCUT2D eigenvalue weighted by molar-refractivity contribution is 6.31. The summed E-state index contributed by atoms with van der Waals surface area (Å²) in [7, 11) is 0. The van der Waals surface area contributed by atoms with Crippen molar-refractivity contribution < 1.29 is 26.9 Å². The molecule has 0 bridgehead atoms. The predicted octanol–water partition coefficient (Wildman–Crippen LogP) is 1.64. The Kier molecular flexibility index (Phi) is 6.31. The molecule has 0 aliphatic heterocycles. The highest BCUT2D eigenvalue weighted by Crippen LogP contribution is 2.38. The van der Waals surface area contributed by atoms with Gasteiger partial charge in [-0.3, -0.25) is 0 Å². The van der Waals surface area contributed by atoms with Gasteiger partial charge in [-0.1, -0.05) is 54.9 Å². The van der Waals surface area contributed by atoms with E-state index in [1.54, 1.807) is 18.2 Å². The molecular formula is C22H27ClO5. The third-order valence-electron chi connectivity index (χ3n) is 5.60. The van der Waals surface area contributed by atoms with Gasteiger partial charge in [0.15, 0.2) is 0 Å². The first-order chi connectivity index (χ1) is 13.7. The molecule has 2 aromatic rings. The maximum atomic E-state index is 10.7. The molecule has 152 valence electrons. The van der Waals surface area contributed by atoms with Crippen LogP contribution in [0.2, 0.25) is 5.02 Å². The molecule has 6 heteroatoms. The van der Waals surface area contributed by atoms with Crippen LogP contribution in [0.3, 0.4) is 0 Å². The van der Waals surface area contributed by atoms with E-state index in [0.29, 0.717) is 17.0 Å². The van der Waals surface area contributed by atoms with Crippen LogP contribution in [0, 0.1) is 5.89 Å². The van der Waals surface area contributed by atoms with Crippen LogP contribution >= 0.6 is 11.6 Å². The van der Waals surface area contributed by atoms with Gasteiger partial charge in [0.1, 0.15) is 6.10 Å². The minimum atomic E-state index is -2.11. The molecular weight excluding hydrogens is 380 g/mol. The Morgan fingerprint density at radius 3 is 2.14 bits per heavy atom. The van der Waals surface area contributed by atoms with E-state index in [1.807, 2.05) is 12.1 Å². The van der Waals surface area contributed by atoms with Gasteiger partial charge in [0.05, 0.1) is 24.9 Å². The molecule has 0 radical (unpaired) electrons. The molecule has 0 heterocycles. The normalized spacial score (nSPS) is 33.5. The van der Waals surface area contributed by atoms with Crippen LogP contribution in [0.4, 0.5) is 0 Å². The quantitative estimate of drug-likeness (QED) is 0.518. The van der Waals surface area contributed by atoms with E-state index >= 15 is 0 Å². The van der Waals surface area contributed by atoms with Crippen molar-refractivity contribution in [3.63, 3.8) is 0 Å². The first-order valence-corrected chi connectivity index (χ1v) is 9.80. The Morgan fingerprint density at radius 1 is 0.893 bits per heavy atom. The average molecular weight is 408 g/mol. The second-order valence-electron chi connectivity index (χ2n) is 7.33. The van der Waals surface area contributed by atoms with Crippen molar-refractivity contribution in [1.29, 1.82) is 0 Å². The van der Waals surface area contributed by atoms with Gasteiger partial charge in [-0.2, -0.15) is 0 Å². The first kappa shape index (κ1) is 19.8. The number of hydrogen-bond donors (Lipinski definition) is 5. The molecule has 5 nitrogen and oxygen atoms in total. The van der Waals surface area contributed by atoms with Crippen LogP contribution in [0.1, 0.15) is 36.5 Å². The van der Waals surface area contributed by atoms with E-state index in [4.69, 9.17) is 13.0 Å². The molecule has 0 unspecified atom stereocenters. The van der Waals surface area contributed by atoms with Crippen molar-refractivity contribution in [2.45, 2.75) is 50.1 Å². The van der Waals surface area contributed by atoms with Crippen LogP contribution in [-0.4, -0.2) is 56.6 Å². The zero-order chi connectivity index (χ0) is 21.3. The second-order valence-corrected chi connectivity index (χ2v) is 7.73. The number of benzene rings is 2. The molecule has 0 saturated heterocycles. The lowest BCUT2D eigenvalue weighted by Crippen LogP contribution is -2.58. The Morgan fingerprint density at radius 2 is 1.54 bits per heavy atom. The fourth-order valence-corrected chi connectivity index (χ4v) is 4.01. The number of aliphatic hydroxyl groups excluding tert-OH is 5. The smallest absolute Gasteiger partial charge is 0.107 e. The zero-order valence-corrected chi connectivity index (χ0v) is 16.4. The van der Waals surface area contributed by atoms with Gasteiger partial charge >= 0.3 is 0 Å². The molecule has 1 aliphatic carbocycles. The molecule has 1 aliphatic rings. The summed E-state index contributed by atoms with van der Waals surface area (Å²) in [4.78, 5) is 0. The van der Waals surface area contributed by atoms with E-state index in [1.165, 1.54) is 5.56 Å². The summed E-state index contributed by atoms with van der Waals surface area (Å²) in [5.74, 6) is -3.17. The fraction of sp³-hybridized carbons (Fsp3) is 0.455. The Balaban J connectivity index is 1.94. The maximum Gasteiger partial charge on any atom is 0.107 e. The standard InChI is InChI=1S/C22H27ClO5/c1-2-12-3-5-13(6-4-12)9-15-10-14(7-8-17(15)23)18-19(25)16(11-24)20(26)22(28)21(18)27/h3-8,10,16,18-22,24-28H,2,9,11H2,1H3/t16-,18+,19-,20+,21-,22-/m0/s1/i16D. The summed E-state index contributed by atoms with van der Waals surface area (Å²) in [5, 5.41) is 51.6. The lowest BCUT2D eigenvalue weighted by atomic mass is 9.70. The van der Waals surface area contributed by atoms with Crippen LogP contribution in [0.25, 0.3) is 0 Å². The molecule has 3 rings (SSSR count). The maximum absolute atomic E-state index is 10.7. The highest BCUT2D eigenvalue weighted by atomic mass is 35.5. The number of halogens is 1. The van der Waals surface area contributed by atoms with Gasteiger partial charge in [-0.15, -0.1) is 0 Å². The van der Waals surface area contributed by atoms with Crippen molar-refractivity contribution in [1.82, 2.24) is 0 Å². The van der Waals surface area contributed by atoms with E-state index in [0.717, 1.165) is 17.5 Å². The molecule has 0 spiro atoms. The third kappa shape index (κ3) is 4.10. The molecule has 6 atom stereocenters. The molecule has 1 fully saturated rings. The summed E-state index contributed by atoms with van der Waals surface area (Å²) in [6, 6.07) is 13.1. The van der Waals surface area contributed by atoms with Crippen molar-refractivity contribution in [3.8, 4) is 0 Å². The number of rotatable bonds is 5. The molecule has 28 heavy (non-hydrogen) atoms. The van der Waals surface area contributed by atoms with Gasteiger partial charge in [-0.05, 0) is 41.2 Å². The lowest BCUT2D eigenvalue weighted by molar-refractivity contribution is -0.169. The van der Waals surface area contributed by atoms with Crippen LogP contribution in [-0.2, 0) is 12.8 Å². The van der Waals surface area contributed by atoms with Crippen molar-refractivity contribution in [2.24, 2.45) is 5.89 Å². The minimum absolute atomic E-state index is 0.477. The number of aliphatic hydroxyl groups is 5. The average Bonchev–Trinajstić information content (AvgIpc) is 2.73. The van der Waals surface area contributed by atoms with Gasteiger partial charge in [-0.25, -0.2) is 0 Å². The van der Waals surface area contributed by atoms with E-state index < -0.39 is 42.8 Å². The van der Waals surface area contributed by atoms with Crippen LogP contribution < -0.4 is 0 Å². The topological polar surface area (TPSA) is 101 Å². The van der Waals surface area contributed by atoms with Gasteiger partial charge in [0, 0.05) is 18.2 Å². The lowest BCUT2D eigenvalue weighted by Gasteiger charge is -2.43. The van der Waals surface area contributed by atoms with E-state index in [9.17, 15) is 25.5 Å². The van der Waals surface area contributed by atoms with Crippen molar-refractivity contribution in [2.75, 3.05) is 6.61 Å². The zero-order valence-electron chi connectivity index (χ0n) is 16.7. The first-order valence-electron chi connectivity index (χ1n) is 9.92. The molecule has 2 aromatic carbocycles. The predicted molar refractivity (Wildman–Crippen MR) is 107 cm³/mol. The summed E-state index contributed by atoms with van der Waals surface area (Å²) in [6.07, 6.45) is -5.05. The molecule has 0 amide bonds. The van der Waals surface area contributed by atoms with Gasteiger partial charge < -0.3 is 25.5 Å². The summed E-state index contributed by atoms with van der Waals surface area (Å²) in [5.41, 5.74) is 3.52. The van der Waals surface area contributed by atoms with E-state index in [-0.39, 0.29) is 0 Å². The Hall–Kier alpha value is -1.47. The summed E-state index contributed by atoms with van der Waals surface area (Å²) >= 11 is 6.36. The minimum Gasteiger partial charge on any atom is -0.396 e. The van der Waals surface area contributed by atoms with Crippen LogP contribution in [0.15, 0.2) is 42.5 Å². The molecule has 0 aromatic heterocycles. The summed E-state index contributed by atoms with van der Waals surface area (Å²) in [6.45, 7) is 1.22. The van der Waals surface area contributed by atoms with Gasteiger partial charge in [0.2, 0.25) is 0 Å².